The molecule has 0 heterocycles. The minimum atomic E-state index is -1.09. The van der Waals surface area contributed by atoms with Crippen molar-refractivity contribution < 1.29 is 19.5 Å². The van der Waals surface area contributed by atoms with E-state index in [1.165, 1.54) is 6.92 Å². The molecule has 0 aliphatic carbocycles. The highest BCUT2D eigenvalue weighted by atomic mass is 16.4. The largest absolute Gasteiger partial charge is 0.480 e. The summed E-state index contributed by atoms with van der Waals surface area (Å²) in [6.45, 7) is 6.21. The minimum absolute atomic E-state index is 0.213. The fourth-order valence-electron chi connectivity index (χ4n) is 1.07. The van der Waals surface area contributed by atoms with Gasteiger partial charge in [0.15, 0.2) is 0 Å². The summed E-state index contributed by atoms with van der Waals surface area (Å²) in [4.78, 5) is 32.8. The molecule has 0 aliphatic rings. The summed E-state index contributed by atoms with van der Waals surface area (Å²) in [6, 6.07) is -0.978. The summed E-state index contributed by atoms with van der Waals surface area (Å²) >= 11 is 0. The maximum atomic E-state index is 11.3. The van der Waals surface area contributed by atoms with Crippen molar-refractivity contribution in [3.8, 4) is 0 Å². The summed E-state index contributed by atoms with van der Waals surface area (Å²) in [5.74, 6) is -1.95. The molecule has 0 spiro atoms. The van der Waals surface area contributed by atoms with E-state index in [9.17, 15) is 14.4 Å². The molecular formula is C10H18N2O4. The Labute approximate surface area is 94.4 Å². The van der Waals surface area contributed by atoms with Crippen LogP contribution in [0.1, 0.15) is 27.7 Å². The third-order valence-electron chi connectivity index (χ3n) is 1.92. The number of carboxylic acids is 1. The van der Waals surface area contributed by atoms with Crippen LogP contribution in [0.2, 0.25) is 0 Å². The molecule has 0 saturated carbocycles. The predicted molar refractivity (Wildman–Crippen MR) is 57.7 cm³/mol. The Morgan fingerprint density at radius 3 is 2.06 bits per heavy atom. The second-order valence-corrected chi connectivity index (χ2v) is 4.61. The Morgan fingerprint density at radius 1 is 1.25 bits per heavy atom. The molecule has 6 nitrogen and oxygen atoms in total. The Bertz CT molecular complexity index is 294. The van der Waals surface area contributed by atoms with Crippen LogP contribution in [0.4, 0.5) is 0 Å². The molecule has 0 bridgehead atoms. The zero-order valence-corrected chi connectivity index (χ0v) is 9.96. The number of carbonyl (C=O) groups excluding carboxylic acids is 2. The Hall–Kier alpha value is -1.59. The van der Waals surface area contributed by atoms with E-state index in [1.807, 2.05) is 0 Å². The van der Waals surface area contributed by atoms with Gasteiger partial charge >= 0.3 is 5.97 Å². The van der Waals surface area contributed by atoms with E-state index in [0.29, 0.717) is 0 Å². The van der Waals surface area contributed by atoms with E-state index in [-0.39, 0.29) is 12.5 Å². The Morgan fingerprint density at radius 2 is 1.75 bits per heavy atom. The molecule has 0 saturated heterocycles. The molecule has 0 fully saturated rings. The van der Waals surface area contributed by atoms with Crippen molar-refractivity contribution in [2.45, 2.75) is 33.7 Å². The van der Waals surface area contributed by atoms with Crippen LogP contribution in [0.25, 0.3) is 0 Å². The lowest BCUT2D eigenvalue weighted by Crippen LogP contribution is -2.51. The highest BCUT2D eigenvalue weighted by Gasteiger charge is 2.32. The highest BCUT2D eigenvalue weighted by Crippen LogP contribution is 2.19. The summed E-state index contributed by atoms with van der Waals surface area (Å²) in [5, 5.41) is 13.6. The van der Waals surface area contributed by atoms with Crippen molar-refractivity contribution in [3.63, 3.8) is 0 Å². The standard InChI is InChI=1S/C10H18N2O4/c1-6(13)11-5-7(14)12-8(9(15)16)10(2,3)4/h8H,5H2,1-4H3,(H,11,13)(H,12,14)(H,15,16). The van der Waals surface area contributed by atoms with Crippen molar-refractivity contribution in [2.75, 3.05) is 6.54 Å². The van der Waals surface area contributed by atoms with Crippen LogP contribution in [0.5, 0.6) is 0 Å². The van der Waals surface area contributed by atoms with Crippen molar-refractivity contribution in [1.82, 2.24) is 10.6 Å². The average Bonchev–Trinajstić information content (AvgIpc) is 2.08. The monoisotopic (exact) mass is 230 g/mol. The third kappa shape index (κ3) is 5.33. The molecule has 1 atom stereocenters. The van der Waals surface area contributed by atoms with Gasteiger partial charge in [-0.1, -0.05) is 20.8 Å². The predicted octanol–water partition coefficient (Wildman–Crippen LogP) is -0.262. The molecule has 3 N–H and O–H groups in total. The number of nitrogens with one attached hydrogen (secondary N) is 2. The van der Waals surface area contributed by atoms with Gasteiger partial charge in [-0.3, -0.25) is 9.59 Å². The van der Waals surface area contributed by atoms with Gasteiger partial charge in [-0.05, 0) is 5.41 Å². The number of aliphatic carboxylic acids is 1. The number of amides is 2. The van der Waals surface area contributed by atoms with E-state index >= 15 is 0 Å². The molecule has 6 heteroatoms. The van der Waals surface area contributed by atoms with Gasteiger partial charge in [-0.2, -0.15) is 0 Å². The van der Waals surface area contributed by atoms with Gasteiger partial charge in [0, 0.05) is 6.92 Å². The van der Waals surface area contributed by atoms with Crippen molar-refractivity contribution in [3.05, 3.63) is 0 Å². The number of carboxylic acid groups (broad SMARTS) is 1. The van der Waals surface area contributed by atoms with Crippen molar-refractivity contribution >= 4 is 17.8 Å². The minimum Gasteiger partial charge on any atom is -0.480 e. The lowest BCUT2D eigenvalue weighted by atomic mass is 9.87. The summed E-state index contributed by atoms with van der Waals surface area (Å²) in [5.41, 5.74) is -0.586. The second-order valence-electron chi connectivity index (χ2n) is 4.61. The van der Waals surface area contributed by atoms with E-state index in [4.69, 9.17) is 5.11 Å². The van der Waals surface area contributed by atoms with E-state index in [0.717, 1.165) is 0 Å². The molecule has 0 rings (SSSR count). The van der Waals surface area contributed by atoms with Crippen molar-refractivity contribution in [1.29, 1.82) is 0 Å². The first kappa shape index (κ1) is 14.4. The molecule has 16 heavy (non-hydrogen) atoms. The number of hydrogen-bond acceptors (Lipinski definition) is 3. The van der Waals surface area contributed by atoms with Crippen LogP contribution in [0, 0.1) is 5.41 Å². The number of rotatable bonds is 4. The van der Waals surface area contributed by atoms with Gasteiger partial charge in [-0.25, -0.2) is 4.79 Å². The van der Waals surface area contributed by atoms with Gasteiger partial charge in [-0.15, -0.1) is 0 Å². The van der Waals surface area contributed by atoms with Crippen LogP contribution in [-0.4, -0.2) is 35.5 Å². The van der Waals surface area contributed by atoms with Gasteiger partial charge in [0.2, 0.25) is 11.8 Å². The van der Waals surface area contributed by atoms with Crippen LogP contribution < -0.4 is 10.6 Å². The zero-order valence-electron chi connectivity index (χ0n) is 9.96. The number of carbonyl (C=O) groups is 3. The van der Waals surface area contributed by atoms with Crippen LogP contribution in [0.15, 0.2) is 0 Å². The molecule has 0 aromatic rings. The topological polar surface area (TPSA) is 95.5 Å². The third-order valence-corrected chi connectivity index (χ3v) is 1.92. The lowest BCUT2D eigenvalue weighted by molar-refractivity contribution is -0.144. The fraction of sp³-hybridized carbons (Fsp3) is 0.700. The summed E-state index contributed by atoms with van der Waals surface area (Å²) in [6.07, 6.45) is 0. The second kappa shape index (κ2) is 5.48. The van der Waals surface area contributed by atoms with Crippen LogP contribution in [-0.2, 0) is 14.4 Å². The Balaban J connectivity index is 4.37. The van der Waals surface area contributed by atoms with E-state index in [2.05, 4.69) is 10.6 Å². The van der Waals surface area contributed by atoms with Crippen LogP contribution >= 0.6 is 0 Å². The zero-order chi connectivity index (χ0) is 12.9. The highest BCUT2D eigenvalue weighted by molar-refractivity contribution is 5.87. The van der Waals surface area contributed by atoms with E-state index < -0.39 is 23.3 Å². The van der Waals surface area contributed by atoms with Gasteiger partial charge in [0.1, 0.15) is 6.04 Å². The molecule has 0 aromatic heterocycles. The molecule has 1 unspecified atom stereocenters. The summed E-state index contributed by atoms with van der Waals surface area (Å²) in [7, 11) is 0. The molecule has 0 aromatic carbocycles. The molecular weight excluding hydrogens is 212 g/mol. The smallest absolute Gasteiger partial charge is 0.326 e. The van der Waals surface area contributed by atoms with Crippen LogP contribution in [0.3, 0.4) is 0 Å². The molecule has 2 amide bonds. The lowest BCUT2D eigenvalue weighted by Gasteiger charge is -2.27. The summed E-state index contributed by atoms with van der Waals surface area (Å²) < 4.78 is 0. The quantitative estimate of drug-likeness (QED) is 0.620. The average molecular weight is 230 g/mol. The SMILES string of the molecule is CC(=O)NCC(=O)NC(C(=O)O)C(C)(C)C. The first-order chi connectivity index (χ1) is 7.14. The molecule has 0 radical (unpaired) electrons. The Kier molecular flexibility index (Phi) is 4.94. The first-order valence-electron chi connectivity index (χ1n) is 4.91. The molecule has 92 valence electrons. The first-order valence-corrected chi connectivity index (χ1v) is 4.91. The van der Waals surface area contributed by atoms with Gasteiger partial charge in [0.05, 0.1) is 6.54 Å². The number of hydrogen-bond donors (Lipinski definition) is 3. The van der Waals surface area contributed by atoms with Gasteiger partial charge < -0.3 is 15.7 Å². The fourth-order valence-corrected chi connectivity index (χ4v) is 1.07. The molecule has 0 aliphatic heterocycles. The van der Waals surface area contributed by atoms with Gasteiger partial charge in [0.25, 0.3) is 0 Å². The van der Waals surface area contributed by atoms with E-state index in [1.54, 1.807) is 20.8 Å². The maximum Gasteiger partial charge on any atom is 0.326 e. The maximum absolute atomic E-state index is 11.3. The normalized spacial score (nSPS) is 12.8. The van der Waals surface area contributed by atoms with Crippen molar-refractivity contribution in [2.24, 2.45) is 5.41 Å².